The molecule has 12 heavy (non-hydrogen) atoms. The fourth-order valence-electron chi connectivity index (χ4n) is 0.532. The monoisotopic (exact) mass is 168 g/mol. The fourth-order valence-corrected chi connectivity index (χ4v) is 0.532. The van der Waals surface area contributed by atoms with Gasteiger partial charge in [0.05, 0.1) is 0 Å². The van der Waals surface area contributed by atoms with Gasteiger partial charge in [0.25, 0.3) is 5.91 Å². The molecule has 0 atom stereocenters. The maximum absolute atomic E-state index is 10.9. The third-order valence-corrected chi connectivity index (χ3v) is 1.09. The topological polar surface area (TPSA) is 41.1 Å². The molecule has 0 aromatic carbocycles. The van der Waals surface area contributed by atoms with Crippen LogP contribution in [0.25, 0.3) is 0 Å². The minimum absolute atomic E-state index is 0.134. The van der Waals surface area contributed by atoms with Crippen LogP contribution in [-0.2, 0) is 4.79 Å². The summed E-state index contributed by atoms with van der Waals surface area (Å²) in [7, 11) is 0. The van der Waals surface area contributed by atoms with Crippen LogP contribution in [0.2, 0.25) is 0 Å². The number of hydrogen-bond donors (Lipinski definition) is 2. The standard InChI is InChI=1S/C9H16N2O/c1-4-7-10-11-9(12)6-5-8(2)3/h4-6,8,10H,1,7H2,2-3H3,(H,11,12)/b6-5+. The number of hydrogen-bond acceptors (Lipinski definition) is 2. The molecule has 68 valence electrons. The van der Waals surface area contributed by atoms with Gasteiger partial charge in [-0.2, -0.15) is 0 Å². The lowest BCUT2D eigenvalue weighted by atomic mass is 10.2. The molecule has 0 heterocycles. The van der Waals surface area contributed by atoms with Crippen molar-refractivity contribution in [1.82, 2.24) is 10.9 Å². The lowest BCUT2D eigenvalue weighted by molar-refractivity contribution is -0.117. The normalized spacial score (nSPS) is 10.6. The molecule has 0 saturated carbocycles. The Morgan fingerprint density at radius 3 is 2.75 bits per heavy atom. The van der Waals surface area contributed by atoms with E-state index in [4.69, 9.17) is 0 Å². The Bertz CT molecular complexity index is 173. The lowest BCUT2D eigenvalue weighted by Crippen LogP contribution is -2.36. The summed E-state index contributed by atoms with van der Waals surface area (Å²) in [6.07, 6.45) is 5.03. The highest BCUT2D eigenvalue weighted by Gasteiger charge is 1.92. The van der Waals surface area contributed by atoms with E-state index in [2.05, 4.69) is 17.4 Å². The van der Waals surface area contributed by atoms with Gasteiger partial charge in [-0.3, -0.25) is 10.2 Å². The van der Waals surface area contributed by atoms with E-state index in [-0.39, 0.29) is 5.91 Å². The Morgan fingerprint density at radius 2 is 2.25 bits per heavy atom. The summed E-state index contributed by atoms with van der Waals surface area (Å²) in [6.45, 7) is 8.10. The molecule has 1 amide bonds. The van der Waals surface area contributed by atoms with Crippen LogP contribution >= 0.6 is 0 Å². The van der Waals surface area contributed by atoms with Crippen molar-refractivity contribution in [3.63, 3.8) is 0 Å². The van der Waals surface area contributed by atoms with Crippen molar-refractivity contribution in [2.24, 2.45) is 5.92 Å². The van der Waals surface area contributed by atoms with Crippen LogP contribution in [0.4, 0.5) is 0 Å². The fraction of sp³-hybridized carbons (Fsp3) is 0.444. The van der Waals surface area contributed by atoms with E-state index < -0.39 is 0 Å². The van der Waals surface area contributed by atoms with E-state index in [0.29, 0.717) is 12.5 Å². The summed E-state index contributed by atoms with van der Waals surface area (Å²) >= 11 is 0. The van der Waals surface area contributed by atoms with Gasteiger partial charge in [0.2, 0.25) is 0 Å². The largest absolute Gasteiger partial charge is 0.288 e. The number of nitrogens with one attached hydrogen (secondary N) is 2. The summed E-state index contributed by atoms with van der Waals surface area (Å²) < 4.78 is 0. The van der Waals surface area contributed by atoms with Crippen molar-refractivity contribution in [3.8, 4) is 0 Å². The van der Waals surface area contributed by atoms with Gasteiger partial charge < -0.3 is 0 Å². The third-order valence-electron chi connectivity index (χ3n) is 1.09. The molecule has 0 unspecified atom stereocenters. The van der Waals surface area contributed by atoms with Crippen molar-refractivity contribution < 1.29 is 4.79 Å². The zero-order valence-electron chi connectivity index (χ0n) is 7.63. The van der Waals surface area contributed by atoms with Gasteiger partial charge in [-0.25, -0.2) is 5.43 Å². The Balaban J connectivity index is 3.52. The first-order valence-corrected chi connectivity index (χ1v) is 3.98. The molecule has 0 saturated heterocycles. The van der Waals surface area contributed by atoms with Crippen LogP contribution in [0.15, 0.2) is 24.8 Å². The molecule has 0 aliphatic carbocycles. The highest BCUT2D eigenvalue weighted by atomic mass is 16.2. The van der Waals surface area contributed by atoms with E-state index in [1.54, 1.807) is 6.08 Å². The summed E-state index contributed by atoms with van der Waals surface area (Å²) in [5, 5.41) is 0. The van der Waals surface area contributed by atoms with Crippen molar-refractivity contribution in [2.45, 2.75) is 13.8 Å². The Morgan fingerprint density at radius 1 is 1.58 bits per heavy atom. The molecule has 0 aliphatic rings. The van der Waals surface area contributed by atoms with E-state index in [0.717, 1.165) is 0 Å². The van der Waals surface area contributed by atoms with Crippen molar-refractivity contribution in [1.29, 1.82) is 0 Å². The van der Waals surface area contributed by atoms with Gasteiger partial charge in [0.1, 0.15) is 0 Å². The molecule has 3 nitrogen and oxygen atoms in total. The third kappa shape index (κ3) is 7.02. The van der Waals surface area contributed by atoms with Gasteiger partial charge in [-0.05, 0) is 5.92 Å². The average Bonchev–Trinajstić information content (AvgIpc) is 2.01. The highest BCUT2D eigenvalue weighted by Crippen LogP contribution is 1.91. The molecule has 0 spiro atoms. The Labute approximate surface area is 73.5 Å². The summed E-state index contributed by atoms with van der Waals surface area (Å²) in [4.78, 5) is 10.9. The molecule has 0 aromatic rings. The van der Waals surface area contributed by atoms with Crippen LogP contribution in [0.3, 0.4) is 0 Å². The summed E-state index contributed by atoms with van der Waals surface area (Å²) in [6, 6.07) is 0. The van der Waals surface area contributed by atoms with Crippen LogP contribution < -0.4 is 10.9 Å². The Hall–Kier alpha value is -1.09. The SMILES string of the molecule is C=CCNNC(=O)/C=C/C(C)C. The molecular formula is C9H16N2O. The second kappa shape index (κ2) is 6.61. The maximum Gasteiger partial charge on any atom is 0.257 e. The number of allylic oxidation sites excluding steroid dienone is 1. The first-order chi connectivity index (χ1) is 5.66. The molecule has 2 N–H and O–H groups in total. The zero-order chi connectivity index (χ0) is 9.40. The number of amides is 1. The predicted octanol–water partition coefficient (Wildman–Crippen LogP) is 1.01. The molecule has 0 rings (SSSR count). The molecule has 3 heteroatoms. The van der Waals surface area contributed by atoms with Gasteiger partial charge in [-0.1, -0.05) is 26.0 Å². The van der Waals surface area contributed by atoms with Crippen molar-refractivity contribution in [2.75, 3.05) is 6.54 Å². The van der Waals surface area contributed by atoms with Crippen molar-refractivity contribution in [3.05, 3.63) is 24.8 Å². The minimum Gasteiger partial charge on any atom is -0.288 e. The molecular weight excluding hydrogens is 152 g/mol. The molecule has 0 fully saturated rings. The number of rotatable bonds is 5. The van der Waals surface area contributed by atoms with Gasteiger partial charge in [0, 0.05) is 12.6 Å². The molecule has 0 radical (unpaired) electrons. The van der Waals surface area contributed by atoms with E-state index >= 15 is 0 Å². The predicted molar refractivity (Wildman–Crippen MR) is 50.3 cm³/mol. The van der Waals surface area contributed by atoms with Gasteiger partial charge >= 0.3 is 0 Å². The van der Waals surface area contributed by atoms with E-state index in [1.807, 2.05) is 19.9 Å². The average molecular weight is 168 g/mol. The first kappa shape index (κ1) is 10.9. The molecule has 0 aliphatic heterocycles. The summed E-state index contributed by atoms with van der Waals surface area (Å²) in [5.41, 5.74) is 5.18. The van der Waals surface area contributed by atoms with Crippen molar-refractivity contribution >= 4 is 5.91 Å². The van der Waals surface area contributed by atoms with Crippen LogP contribution in [0.5, 0.6) is 0 Å². The lowest BCUT2D eigenvalue weighted by Gasteiger charge is -2.00. The number of hydrazine groups is 1. The smallest absolute Gasteiger partial charge is 0.257 e. The summed E-state index contributed by atoms with van der Waals surface area (Å²) in [5.74, 6) is 0.265. The highest BCUT2D eigenvalue weighted by molar-refractivity contribution is 5.86. The molecule has 0 aromatic heterocycles. The van der Waals surface area contributed by atoms with Crippen LogP contribution in [0, 0.1) is 5.92 Å². The zero-order valence-corrected chi connectivity index (χ0v) is 7.63. The van der Waals surface area contributed by atoms with Crippen LogP contribution in [-0.4, -0.2) is 12.5 Å². The first-order valence-electron chi connectivity index (χ1n) is 3.98. The quantitative estimate of drug-likeness (QED) is 0.278. The van der Waals surface area contributed by atoms with Crippen LogP contribution in [0.1, 0.15) is 13.8 Å². The second-order valence-electron chi connectivity index (χ2n) is 2.76. The maximum atomic E-state index is 10.9. The second-order valence-corrected chi connectivity index (χ2v) is 2.76. The molecule has 0 bridgehead atoms. The van der Waals surface area contributed by atoms with Gasteiger partial charge in [0.15, 0.2) is 0 Å². The number of carbonyl (C=O) groups is 1. The minimum atomic E-state index is -0.134. The van der Waals surface area contributed by atoms with E-state index in [1.165, 1.54) is 6.08 Å². The number of carbonyl (C=O) groups excluding carboxylic acids is 1. The van der Waals surface area contributed by atoms with Gasteiger partial charge in [-0.15, -0.1) is 6.58 Å². The van der Waals surface area contributed by atoms with E-state index in [9.17, 15) is 4.79 Å². The Kier molecular flexibility index (Phi) is 6.01.